The van der Waals surface area contributed by atoms with Gasteiger partial charge >= 0.3 is 11.9 Å². The fourth-order valence-electron chi connectivity index (χ4n) is 2.92. The summed E-state index contributed by atoms with van der Waals surface area (Å²) in [6.45, 7) is 3.76. The van der Waals surface area contributed by atoms with Gasteiger partial charge in [0, 0.05) is 11.3 Å². The molecular weight excluding hydrogens is 372 g/mol. The number of carbonyl (C=O) groups is 3. The molecule has 2 aromatic carbocycles. The van der Waals surface area contributed by atoms with Gasteiger partial charge in [-0.2, -0.15) is 0 Å². The lowest BCUT2D eigenvalue weighted by molar-refractivity contribution is -0.142. The molecule has 29 heavy (non-hydrogen) atoms. The molecule has 7 heteroatoms. The van der Waals surface area contributed by atoms with Crippen molar-refractivity contribution in [2.45, 2.75) is 38.8 Å². The lowest BCUT2D eigenvalue weighted by Gasteiger charge is -2.21. The molecule has 7 nitrogen and oxygen atoms in total. The first-order valence-electron chi connectivity index (χ1n) is 9.43. The van der Waals surface area contributed by atoms with E-state index < -0.39 is 24.0 Å². The van der Waals surface area contributed by atoms with Crippen LogP contribution in [-0.2, 0) is 16.0 Å². The summed E-state index contributed by atoms with van der Waals surface area (Å²) in [7, 11) is 0. The number of amides is 1. The molecule has 0 aromatic heterocycles. The third-order valence-corrected chi connectivity index (χ3v) is 4.39. The number of para-hydroxylation sites is 1. The molecular formula is C22H26N2O5. The van der Waals surface area contributed by atoms with Gasteiger partial charge in [-0.15, -0.1) is 0 Å². The Bertz CT molecular complexity index is 834. The van der Waals surface area contributed by atoms with Gasteiger partial charge in [0.15, 0.2) is 0 Å². The van der Waals surface area contributed by atoms with Crippen LogP contribution in [0.1, 0.15) is 36.2 Å². The fourth-order valence-corrected chi connectivity index (χ4v) is 2.92. The number of carboxylic acid groups (broad SMARTS) is 2. The van der Waals surface area contributed by atoms with Gasteiger partial charge in [0.25, 0.3) is 5.91 Å². The number of rotatable bonds is 10. The highest BCUT2D eigenvalue weighted by Crippen LogP contribution is 2.13. The van der Waals surface area contributed by atoms with Crippen LogP contribution in [0.25, 0.3) is 0 Å². The average molecular weight is 398 g/mol. The van der Waals surface area contributed by atoms with Gasteiger partial charge in [-0.1, -0.05) is 44.2 Å². The lowest BCUT2D eigenvalue weighted by atomic mass is 10.00. The van der Waals surface area contributed by atoms with E-state index >= 15 is 0 Å². The van der Waals surface area contributed by atoms with Gasteiger partial charge in [0.2, 0.25) is 0 Å². The lowest BCUT2D eigenvalue weighted by Crippen LogP contribution is -2.48. The maximum absolute atomic E-state index is 12.3. The third kappa shape index (κ3) is 7.04. The summed E-state index contributed by atoms with van der Waals surface area (Å²) >= 11 is 0. The second-order valence-corrected chi connectivity index (χ2v) is 7.30. The van der Waals surface area contributed by atoms with Crippen LogP contribution in [0.2, 0.25) is 0 Å². The summed E-state index contributed by atoms with van der Waals surface area (Å²) in [6, 6.07) is 13.7. The van der Waals surface area contributed by atoms with Crippen LogP contribution in [0.4, 0.5) is 5.69 Å². The van der Waals surface area contributed by atoms with Crippen molar-refractivity contribution in [3.63, 3.8) is 0 Å². The van der Waals surface area contributed by atoms with Crippen molar-refractivity contribution in [2.75, 3.05) is 5.32 Å². The maximum Gasteiger partial charge on any atom is 0.321 e. The number of nitrogens with one attached hydrogen (secondary N) is 2. The van der Waals surface area contributed by atoms with E-state index in [9.17, 15) is 24.6 Å². The summed E-state index contributed by atoms with van der Waals surface area (Å²) in [5.74, 6) is -2.34. The predicted octanol–water partition coefficient (Wildman–Crippen LogP) is 3.02. The highest BCUT2D eigenvalue weighted by atomic mass is 16.4. The number of hydrogen-bond acceptors (Lipinski definition) is 4. The van der Waals surface area contributed by atoms with Crippen LogP contribution in [0.5, 0.6) is 0 Å². The number of carbonyl (C=O) groups excluding carboxylic acids is 1. The molecule has 0 fully saturated rings. The minimum Gasteiger partial charge on any atom is -0.480 e. The first-order valence-corrected chi connectivity index (χ1v) is 9.43. The van der Waals surface area contributed by atoms with Crippen molar-refractivity contribution >= 4 is 23.5 Å². The van der Waals surface area contributed by atoms with Crippen molar-refractivity contribution in [3.05, 3.63) is 65.7 Å². The zero-order valence-electron chi connectivity index (χ0n) is 16.5. The molecule has 0 heterocycles. The van der Waals surface area contributed by atoms with Crippen molar-refractivity contribution in [2.24, 2.45) is 5.92 Å². The quantitative estimate of drug-likeness (QED) is 0.489. The molecule has 2 aromatic rings. The highest BCUT2D eigenvalue weighted by Gasteiger charge is 2.26. The van der Waals surface area contributed by atoms with Gasteiger partial charge in [-0.05, 0) is 48.6 Å². The second-order valence-electron chi connectivity index (χ2n) is 7.30. The fraction of sp³-hybridized carbons (Fsp3) is 0.318. The molecule has 0 saturated carbocycles. The Morgan fingerprint density at radius 3 is 1.97 bits per heavy atom. The molecule has 1 amide bonds. The topological polar surface area (TPSA) is 116 Å². The van der Waals surface area contributed by atoms with Crippen LogP contribution in [0, 0.1) is 5.92 Å². The minimum absolute atomic E-state index is 0.109. The Balaban J connectivity index is 2.04. The van der Waals surface area contributed by atoms with Crippen LogP contribution >= 0.6 is 0 Å². The highest BCUT2D eigenvalue weighted by molar-refractivity contribution is 6.04. The minimum atomic E-state index is -1.12. The summed E-state index contributed by atoms with van der Waals surface area (Å²) in [5.41, 5.74) is 1.82. The SMILES string of the molecule is CC(C)CC(NC(Cc1ccc(C(=O)Nc2ccccc2)cc1)C(=O)O)C(=O)O. The van der Waals surface area contributed by atoms with Gasteiger partial charge in [-0.25, -0.2) is 0 Å². The third-order valence-electron chi connectivity index (χ3n) is 4.39. The van der Waals surface area contributed by atoms with Crippen molar-refractivity contribution in [3.8, 4) is 0 Å². The second kappa shape index (κ2) is 10.4. The Labute approximate surface area is 169 Å². The summed E-state index contributed by atoms with van der Waals surface area (Å²) in [6.07, 6.45) is 0.440. The number of aliphatic carboxylic acids is 2. The van der Waals surface area contributed by atoms with Crippen molar-refractivity contribution in [1.82, 2.24) is 5.32 Å². The predicted molar refractivity (Wildman–Crippen MR) is 110 cm³/mol. The standard InChI is InChI=1S/C22H26N2O5/c1-14(2)12-18(21(26)27)24-19(22(28)29)13-15-8-10-16(11-9-15)20(25)23-17-6-4-3-5-7-17/h3-11,14,18-19,24H,12-13H2,1-2H3,(H,23,25)(H,26,27)(H,28,29). The van der Waals surface area contributed by atoms with E-state index in [1.165, 1.54) is 0 Å². The zero-order chi connectivity index (χ0) is 21.4. The van der Waals surface area contributed by atoms with E-state index in [-0.39, 0.29) is 18.2 Å². The smallest absolute Gasteiger partial charge is 0.321 e. The Morgan fingerprint density at radius 2 is 1.45 bits per heavy atom. The van der Waals surface area contributed by atoms with Crippen molar-refractivity contribution < 1.29 is 24.6 Å². The number of carboxylic acids is 2. The molecule has 0 aliphatic heterocycles. The maximum atomic E-state index is 12.3. The van der Waals surface area contributed by atoms with Crippen LogP contribution in [-0.4, -0.2) is 40.1 Å². The first kappa shape index (κ1) is 22.1. The normalized spacial score (nSPS) is 12.9. The molecule has 2 atom stereocenters. The summed E-state index contributed by atoms with van der Waals surface area (Å²) in [4.78, 5) is 35.3. The van der Waals surface area contributed by atoms with Crippen molar-refractivity contribution in [1.29, 1.82) is 0 Å². The van der Waals surface area contributed by atoms with E-state index in [4.69, 9.17) is 0 Å². The van der Waals surface area contributed by atoms with E-state index in [1.54, 1.807) is 36.4 Å². The Kier molecular flexibility index (Phi) is 7.91. The van der Waals surface area contributed by atoms with Gasteiger partial charge < -0.3 is 15.5 Å². The molecule has 0 aliphatic carbocycles. The molecule has 0 aliphatic rings. The Morgan fingerprint density at radius 1 is 0.862 bits per heavy atom. The molecule has 0 bridgehead atoms. The van der Waals surface area contributed by atoms with E-state index in [0.29, 0.717) is 23.2 Å². The molecule has 0 radical (unpaired) electrons. The zero-order valence-corrected chi connectivity index (χ0v) is 16.5. The summed E-state index contributed by atoms with van der Waals surface area (Å²) in [5, 5.41) is 24.3. The molecule has 2 rings (SSSR count). The van der Waals surface area contributed by atoms with Gasteiger partial charge in [0.05, 0.1) is 0 Å². The van der Waals surface area contributed by atoms with Crippen LogP contribution < -0.4 is 10.6 Å². The number of anilines is 1. The molecule has 0 spiro atoms. The van der Waals surface area contributed by atoms with Gasteiger partial charge in [-0.3, -0.25) is 19.7 Å². The Hall–Kier alpha value is -3.19. The number of benzene rings is 2. The largest absolute Gasteiger partial charge is 0.480 e. The molecule has 2 unspecified atom stereocenters. The van der Waals surface area contributed by atoms with Crippen LogP contribution in [0.15, 0.2) is 54.6 Å². The number of hydrogen-bond donors (Lipinski definition) is 4. The molecule has 0 saturated heterocycles. The van der Waals surface area contributed by atoms with E-state index in [1.807, 2.05) is 32.0 Å². The average Bonchev–Trinajstić information content (AvgIpc) is 2.67. The first-order chi connectivity index (χ1) is 13.8. The summed E-state index contributed by atoms with van der Waals surface area (Å²) < 4.78 is 0. The monoisotopic (exact) mass is 398 g/mol. The van der Waals surface area contributed by atoms with E-state index in [0.717, 1.165) is 0 Å². The molecule has 154 valence electrons. The van der Waals surface area contributed by atoms with E-state index in [2.05, 4.69) is 10.6 Å². The van der Waals surface area contributed by atoms with Crippen LogP contribution in [0.3, 0.4) is 0 Å². The molecule has 4 N–H and O–H groups in total. The van der Waals surface area contributed by atoms with Gasteiger partial charge in [0.1, 0.15) is 12.1 Å².